The summed E-state index contributed by atoms with van der Waals surface area (Å²) in [5.74, 6) is 1.91. The largest absolute Gasteiger partial charge is 0.339 e. The van der Waals surface area contributed by atoms with Crippen molar-refractivity contribution in [2.75, 3.05) is 32.7 Å². The van der Waals surface area contributed by atoms with Crippen LogP contribution in [-0.2, 0) is 4.79 Å². The van der Waals surface area contributed by atoms with Crippen molar-refractivity contribution in [2.24, 2.45) is 11.8 Å². The molecule has 0 saturated carbocycles. The lowest BCUT2D eigenvalue weighted by atomic mass is 9.75. The normalized spacial score (nSPS) is 31.8. The fourth-order valence-corrected chi connectivity index (χ4v) is 6.92. The van der Waals surface area contributed by atoms with Gasteiger partial charge in [0.25, 0.3) is 5.91 Å². The third-order valence-corrected chi connectivity index (χ3v) is 8.42. The summed E-state index contributed by atoms with van der Waals surface area (Å²) in [6.45, 7) is 7.07. The summed E-state index contributed by atoms with van der Waals surface area (Å²) in [6, 6.07) is 5.10. The molecule has 4 fully saturated rings. The number of piperidine rings is 4. The number of rotatable bonds is 2. The van der Waals surface area contributed by atoms with Gasteiger partial charge in [0.2, 0.25) is 5.91 Å². The Hall–Kier alpha value is -1.40. The highest BCUT2D eigenvalue weighted by atomic mass is 32.1. The Morgan fingerprint density at radius 3 is 2.68 bits per heavy atom. The van der Waals surface area contributed by atoms with E-state index in [1.807, 2.05) is 17.0 Å². The molecule has 0 radical (unpaired) electrons. The highest BCUT2D eigenvalue weighted by Gasteiger charge is 2.45. The van der Waals surface area contributed by atoms with Crippen LogP contribution < -0.4 is 0 Å². The summed E-state index contributed by atoms with van der Waals surface area (Å²) in [6.07, 6.45) is 6.51. The van der Waals surface area contributed by atoms with Crippen LogP contribution in [0.1, 0.15) is 53.1 Å². The molecule has 152 valence electrons. The van der Waals surface area contributed by atoms with Crippen LogP contribution in [0.4, 0.5) is 0 Å². The molecule has 4 aliphatic rings. The maximum absolute atomic E-state index is 12.7. The monoisotopic (exact) mass is 401 g/mol. The second-order valence-electron chi connectivity index (χ2n) is 9.26. The van der Waals surface area contributed by atoms with Gasteiger partial charge >= 0.3 is 0 Å². The van der Waals surface area contributed by atoms with Gasteiger partial charge in [0, 0.05) is 56.1 Å². The van der Waals surface area contributed by atoms with Gasteiger partial charge in [0.15, 0.2) is 0 Å². The molecule has 5 nitrogen and oxygen atoms in total. The van der Waals surface area contributed by atoms with Crippen molar-refractivity contribution in [3.8, 4) is 0 Å². The van der Waals surface area contributed by atoms with Gasteiger partial charge in [-0.25, -0.2) is 0 Å². The van der Waals surface area contributed by atoms with Crippen molar-refractivity contribution in [3.63, 3.8) is 0 Å². The van der Waals surface area contributed by atoms with Crippen LogP contribution >= 0.6 is 11.3 Å². The molecule has 2 amide bonds. The first kappa shape index (κ1) is 18.6. The molecule has 6 heteroatoms. The summed E-state index contributed by atoms with van der Waals surface area (Å²) in [5.41, 5.74) is 0. The van der Waals surface area contributed by atoms with Gasteiger partial charge in [-0.15, -0.1) is 11.3 Å². The van der Waals surface area contributed by atoms with Crippen LogP contribution in [-0.4, -0.2) is 71.3 Å². The minimum Gasteiger partial charge on any atom is -0.339 e. The van der Waals surface area contributed by atoms with Crippen molar-refractivity contribution in [2.45, 2.75) is 57.5 Å². The van der Waals surface area contributed by atoms with E-state index in [4.69, 9.17) is 0 Å². The second kappa shape index (κ2) is 7.45. The summed E-state index contributed by atoms with van der Waals surface area (Å²) in [5, 5.41) is 0. The maximum atomic E-state index is 12.7. The van der Waals surface area contributed by atoms with Crippen molar-refractivity contribution in [1.82, 2.24) is 14.7 Å². The highest BCUT2D eigenvalue weighted by Crippen LogP contribution is 2.39. The number of likely N-dealkylation sites (tertiary alicyclic amines) is 2. The highest BCUT2D eigenvalue weighted by molar-refractivity contribution is 7.13. The van der Waals surface area contributed by atoms with E-state index in [1.54, 1.807) is 11.3 Å². The van der Waals surface area contributed by atoms with E-state index in [1.165, 1.54) is 17.7 Å². The number of amides is 2. The first-order valence-electron chi connectivity index (χ1n) is 11.0. The van der Waals surface area contributed by atoms with E-state index < -0.39 is 0 Å². The van der Waals surface area contributed by atoms with Crippen LogP contribution in [0.25, 0.3) is 0 Å². The zero-order valence-corrected chi connectivity index (χ0v) is 17.6. The summed E-state index contributed by atoms with van der Waals surface area (Å²) < 4.78 is 0. The van der Waals surface area contributed by atoms with Gasteiger partial charge in [0.1, 0.15) is 0 Å². The van der Waals surface area contributed by atoms with E-state index in [2.05, 4.69) is 16.7 Å². The molecular formula is C22H31N3O2S. The number of aryl methyl sites for hydroxylation is 1. The third kappa shape index (κ3) is 3.39. The minimum absolute atomic E-state index is 0.212. The number of hydrogen-bond acceptors (Lipinski definition) is 4. The standard InChI is InChI=1S/C22H31N3O2S/c1-15-5-6-20(28-15)22(27)23-9-7-18(8-10-23)24-12-16-11-17(14-24)19-3-2-4-21(26)25(19)13-16/h5-6,16-19H,2-4,7-14H2,1H3/t16-,17-,19-/m1/s1. The molecule has 4 aliphatic heterocycles. The smallest absolute Gasteiger partial charge is 0.263 e. The van der Waals surface area contributed by atoms with Gasteiger partial charge in [-0.2, -0.15) is 0 Å². The molecule has 28 heavy (non-hydrogen) atoms. The number of carbonyl (C=O) groups excluding carboxylic acids is 2. The van der Waals surface area contributed by atoms with Gasteiger partial charge in [0.05, 0.1) is 4.88 Å². The number of nitrogens with zero attached hydrogens (tertiary/aromatic N) is 3. The van der Waals surface area contributed by atoms with E-state index in [9.17, 15) is 9.59 Å². The molecule has 1 aromatic heterocycles. The third-order valence-electron chi connectivity index (χ3n) is 7.43. The Kier molecular flexibility index (Phi) is 4.95. The summed E-state index contributed by atoms with van der Waals surface area (Å²) in [7, 11) is 0. The first-order chi connectivity index (χ1) is 13.6. The fourth-order valence-electron chi connectivity index (χ4n) is 6.09. The first-order valence-corrected chi connectivity index (χ1v) is 11.8. The molecule has 2 bridgehead atoms. The molecule has 0 unspecified atom stereocenters. The predicted octanol–water partition coefficient (Wildman–Crippen LogP) is 2.99. The Labute approximate surface area is 171 Å². The lowest BCUT2D eigenvalue weighted by Crippen LogP contribution is -2.62. The van der Waals surface area contributed by atoms with Crippen LogP contribution in [0.15, 0.2) is 12.1 Å². The molecule has 5 heterocycles. The molecule has 5 rings (SSSR count). The predicted molar refractivity (Wildman–Crippen MR) is 111 cm³/mol. The molecular weight excluding hydrogens is 370 g/mol. The molecule has 3 atom stereocenters. The van der Waals surface area contributed by atoms with E-state index in [-0.39, 0.29) is 5.91 Å². The number of hydrogen-bond donors (Lipinski definition) is 0. The zero-order valence-electron chi connectivity index (χ0n) is 16.8. The molecule has 4 saturated heterocycles. The summed E-state index contributed by atoms with van der Waals surface area (Å²) >= 11 is 1.61. The molecule has 0 aliphatic carbocycles. The Balaban J connectivity index is 1.20. The Bertz CT molecular complexity index is 755. The summed E-state index contributed by atoms with van der Waals surface area (Å²) in [4.78, 5) is 34.1. The van der Waals surface area contributed by atoms with Gasteiger partial charge in [-0.3, -0.25) is 14.5 Å². The Morgan fingerprint density at radius 2 is 1.93 bits per heavy atom. The van der Waals surface area contributed by atoms with Gasteiger partial charge < -0.3 is 9.80 Å². The van der Waals surface area contributed by atoms with Crippen LogP contribution in [0, 0.1) is 18.8 Å². The van der Waals surface area contributed by atoms with E-state index >= 15 is 0 Å². The lowest BCUT2D eigenvalue weighted by molar-refractivity contribution is -0.145. The quantitative estimate of drug-likeness (QED) is 0.765. The average Bonchev–Trinajstić information content (AvgIpc) is 3.15. The van der Waals surface area contributed by atoms with Gasteiger partial charge in [-0.05, 0) is 63.0 Å². The number of thiophene rings is 1. The van der Waals surface area contributed by atoms with Crippen molar-refractivity contribution < 1.29 is 9.59 Å². The van der Waals surface area contributed by atoms with Crippen LogP contribution in [0.3, 0.4) is 0 Å². The van der Waals surface area contributed by atoms with Crippen molar-refractivity contribution in [1.29, 1.82) is 0 Å². The lowest BCUT2D eigenvalue weighted by Gasteiger charge is -2.54. The second-order valence-corrected chi connectivity index (χ2v) is 10.5. The number of fused-ring (bicyclic) bond motifs is 4. The average molecular weight is 402 g/mol. The SMILES string of the molecule is Cc1ccc(C(=O)N2CCC(N3C[C@H]4C[C@H](C3)[C@H]3CCCC(=O)N3C4)CC2)s1. The van der Waals surface area contributed by atoms with Crippen molar-refractivity contribution in [3.05, 3.63) is 21.9 Å². The topological polar surface area (TPSA) is 43.9 Å². The Morgan fingerprint density at radius 1 is 1.11 bits per heavy atom. The van der Waals surface area contributed by atoms with Gasteiger partial charge in [-0.1, -0.05) is 0 Å². The molecule has 0 aromatic carbocycles. The van der Waals surface area contributed by atoms with Crippen molar-refractivity contribution >= 4 is 23.2 Å². The molecule has 0 N–H and O–H groups in total. The zero-order chi connectivity index (χ0) is 19.3. The van der Waals surface area contributed by atoms with E-state index in [0.29, 0.717) is 29.8 Å². The molecule has 0 spiro atoms. The molecule has 1 aromatic rings. The van der Waals surface area contributed by atoms with Crippen LogP contribution in [0.5, 0.6) is 0 Å². The number of carbonyl (C=O) groups is 2. The fraction of sp³-hybridized carbons (Fsp3) is 0.727. The maximum Gasteiger partial charge on any atom is 0.263 e. The minimum atomic E-state index is 0.212. The van der Waals surface area contributed by atoms with E-state index in [0.717, 1.165) is 63.3 Å². The van der Waals surface area contributed by atoms with Crippen LogP contribution in [0.2, 0.25) is 0 Å².